The molecule has 1 rings (SSSR count). The largest absolute Gasteiger partial charge is 0.475 e. The molecule has 24 heavy (non-hydrogen) atoms. The maximum atomic E-state index is 10.7. The molecule has 6 nitrogen and oxygen atoms in total. The number of aliphatic carboxylic acids is 1. The van der Waals surface area contributed by atoms with E-state index in [1.807, 2.05) is 0 Å². The van der Waals surface area contributed by atoms with Crippen LogP contribution in [-0.2, 0) is 26.5 Å². The molecule has 138 valence electrons. The number of ketones is 1. The number of carbonyl (C=O) groups excluding carboxylic acids is 1. The van der Waals surface area contributed by atoms with Crippen LogP contribution in [-0.4, -0.2) is 50.5 Å². The van der Waals surface area contributed by atoms with Crippen molar-refractivity contribution in [2.24, 2.45) is 0 Å². The first-order valence-corrected chi connectivity index (χ1v) is 7.28. The SMILES string of the molecule is CC(C)O.CC(C)O.CC(C)O.O=C(O)C(=O)c1ccccc1.[Ti]. The van der Waals surface area contributed by atoms with Crippen molar-refractivity contribution in [2.45, 2.75) is 59.9 Å². The number of aliphatic hydroxyl groups excluding tert-OH is 3. The summed E-state index contributed by atoms with van der Waals surface area (Å²) in [5.74, 6) is -2.29. The van der Waals surface area contributed by atoms with E-state index in [0.29, 0.717) is 0 Å². The van der Waals surface area contributed by atoms with E-state index < -0.39 is 11.8 Å². The average molecular weight is 378 g/mol. The predicted molar refractivity (Wildman–Crippen MR) is 90.5 cm³/mol. The monoisotopic (exact) mass is 378 g/mol. The van der Waals surface area contributed by atoms with Crippen LogP contribution in [0.25, 0.3) is 0 Å². The maximum absolute atomic E-state index is 10.7. The fourth-order valence-electron chi connectivity index (χ4n) is 0.713. The van der Waals surface area contributed by atoms with Crippen LogP contribution in [0.4, 0.5) is 0 Å². The number of carbonyl (C=O) groups is 2. The minimum Gasteiger partial charge on any atom is -0.475 e. The topological polar surface area (TPSA) is 115 Å². The second kappa shape index (κ2) is 20.0. The number of rotatable bonds is 2. The molecule has 1 aromatic rings. The number of carboxylic acid groups (broad SMARTS) is 1. The molecular formula is C17H30O6Ti. The second-order valence-corrected chi connectivity index (χ2v) is 5.28. The van der Waals surface area contributed by atoms with Crippen molar-refractivity contribution >= 4 is 11.8 Å². The number of carboxylic acids is 1. The number of benzene rings is 1. The summed E-state index contributed by atoms with van der Waals surface area (Å²) in [6.07, 6.45) is -0.500. The van der Waals surface area contributed by atoms with Crippen LogP contribution in [0.3, 0.4) is 0 Å². The van der Waals surface area contributed by atoms with E-state index in [1.54, 1.807) is 59.7 Å². The van der Waals surface area contributed by atoms with Gasteiger partial charge in [0.1, 0.15) is 0 Å². The molecule has 0 bridgehead atoms. The molecule has 0 heterocycles. The van der Waals surface area contributed by atoms with Gasteiger partial charge < -0.3 is 20.4 Å². The number of hydrogen-bond acceptors (Lipinski definition) is 5. The van der Waals surface area contributed by atoms with Gasteiger partial charge in [0.25, 0.3) is 5.78 Å². The fraction of sp³-hybridized carbons (Fsp3) is 0.529. The van der Waals surface area contributed by atoms with Gasteiger partial charge in [0.2, 0.25) is 0 Å². The first kappa shape index (κ1) is 30.8. The van der Waals surface area contributed by atoms with E-state index in [9.17, 15) is 9.59 Å². The molecule has 0 unspecified atom stereocenters. The van der Waals surface area contributed by atoms with Gasteiger partial charge in [-0.3, -0.25) is 4.79 Å². The second-order valence-electron chi connectivity index (χ2n) is 5.28. The van der Waals surface area contributed by atoms with Crippen LogP contribution in [0.2, 0.25) is 0 Å². The Morgan fingerprint density at radius 1 is 0.750 bits per heavy atom. The Bertz CT molecular complexity index is 382. The number of hydrogen-bond donors (Lipinski definition) is 4. The summed E-state index contributed by atoms with van der Waals surface area (Å²) in [5.41, 5.74) is 0.208. The first-order valence-electron chi connectivity index (χ1n) is 7.28. The van der Waals surface area contributed by atoms with Crippen molar-refractivity contribution in [3.05, 3.63) is 35.9 Å². The molecule has 0 amide bonds. The van der Waals surface area contributed by atoms with E-state index in [4.69, 9.17) is 20.4 Å². The van der Waals surface area contributed by atoms with Gasteiger partial charge in [-0.1, -0.05) is 30.3 Å². The zero-order chi connectivity index (χ0) is 19.0. The van der Waals surface area contributed by atoms with E-state index >= 15 is 0 Å². The Kier molecular flexibility index (Phi) is 25.7. The Labute approximate surface area is 159 Å². The molecule has 0 fully saturated rings. The van der Waals surface area contributed by atoms with Gasteiger partial charge in [0.05, 0.1) is 0 Å². The van der Waals surface area contributed by atoms with Gasteiger partial charge in [-0.05, 0) is 41.5 Å². The minimum absolute atomic E-state index is 0. The third kappa shape index (κ3) is 37.3. The van der Waals surface area contributed by atoms with Gasteiger partial charge >= 0.3 is 5.97 Å². The molecule has 0 saturated heterocycles. The van der Waals surface area contributed by atoms with E-state index in [0.717, 1.165) is 0 Å². The van der Waals surface area contributed by atoms with E-state index in [1.165, 1.54) is 12.1 Å². The molecule has 1 aromatic carbocycles. The predicted octanol–water partition coefficient (Wildman–Crippen LogP) is 2.11. The molecule has 0 spiro atoms. The van der Waals surface area contributed by atoms with Gasteiger partial charge in [-0.2, -0.15) is 0 Å². The zero-order valence-electron chi connectivity index (χ0n) is 15.2. The molecule has 0 aliphatic carbocycles. The van der Waals surface area contributed by atoms with Crippen LogP contribution in [0.15, 0.2) is 30.3 Å². The molecule has 0 aromatic heterocycles. The summed E-state index contributed by atoms with van der Waals surface area (Å²) in [4.78, 5) is 20.9. The Hall–Kier alpha value is -1.05. The van der Waals surface area contributed by atoms with Gasteiger partial charge in [-0.15, -0.1) is 0 Å². The van der Waals surface area contributed by atoms with Crippen LogP contribution >= 0.6 is 0 Å². The van der Waals surface area contributed by atoms with Crippen LogP contribution < -0.4 is 0 Å². The first-order chi connectivity index (χ1) is 10.4. The molecule has 4 N–H and O–H groups in total. The summed E-state index contributed by atoms with van der Waals surface area (Å²) in [7, 11) is 0. The van der Waals surface area contributed by atoms with Crippen molar-refractivity contribution in [3.63, 3.8) is 0 Å². The summed E-state index contributed by atoms with van der Waals surface area (Å²) in [6.45, 7) is 10.3. The minimum atomic E-state index is -1.42. The average Bonchev–Trinajstić information content (AvgIpc) is 2.36. The third-order valence-electron chi connectivity index (χ3n) is 1.23. The standard InChI is InChI=1S/C8H6O3.3C3H8O.Ti/c9-7(8(10)11)6-4-2-1-3-5-6;3*1-3(2)4;/h1-5H,(H,10,11);3*3-4H,1-2H3;. The van der Waals surface area contributed by atoms with Gasteiger partial charge in [0, 0.05) is 45.6 Å². The Balaban J connectivity index is -0.000000130. The quantitative estimate of drug-likeness (QED) is 0.356. The summed E-state index contributed by atoms with van der Waals surface area (Å²) in [5, 5.41) is 32.5. The van der Waals surface area contributed by atoms with Crippen LogP contribution in [0.5, 0.6) is 0 Å². The molecule has 7 heteroatoms. The van der Waals surface area contributed by atoms with Crippen molar-refractivity contribution in [1.29, 1.82) is 0 Å². The number of Topliss-reactive ketones (excluding diaryl/α,β-unsaturated/α-hetero) is 1. The van der Waals surface area contributed by atoms with Crippen molar-refractivity contribution in [3.8, 4) is 0 Å². The molecule has 0 saturated carbocycles. The van der Waals surface area contributed by atoms with Gasteiger partial charge in [0.15, 0.2) is 0 Å². The normalized spacial score (nSPS) is 8.67. The maximum Gasteiger partial charge on any atom is 0.377 e. The Morgan fingerprint density at radius 2 is 1.00 bits per heavy atom. The van der Waals surface area contributed by atoms with Crippen molar-refractivity contribution in [1.82, 2.24) is 0 Å². The Morgan fingerprint density at radius 3 is 1.21 bits per heavy atom. The molecule has 0 radical (unpaired) electrons. The summed E-state index contributed by atoms with van der Waals surface area (Å²) in [6, 6.07) is 7.90. The third-order valence-corrected chi connectivity index (χ3v) is 1.23. The van der Waals surface area contributed by atoms with Gasteiger partial charge in [-0.25, -0.2) is 4.79 Å². The molecule has 0 aliphatic heterocycles. The van der Waals surface area contributed by atoms with Crippen LogP contribution in [0.1, 0.15) is 51.9 Å². The van der Waals surface area contributed by atoms with Crippen molar-refractivity contribution < 1.29 is 51.7 Å². The summed E-state index contributed by atoms with van der Waals surface area (Å²) < 4.78 is 0. The molecule has 0 aliphatic rings. The van der Waals surface area contributed by atoms with Crippen LogP contribution in [0, 0.1) is 0 Å². The smallest absolute Gasteiger partial charge is 0.377 e. The fourth-order valence-corrected chi connectivity index (χ4v) is 0.713. The zero-order valence-corrected chi connectivity index (χ0v) is 16.8. The number of aliphatic hydroxyl groups is 3. The van der Waals surface area contributed by atoms with Crippen molar-refractivity contribution in [2.75, 3.05) is 0 Å². The van der Waals surface area contributed by atoms with E-state index in [2.05, 4.69) is 0 Å². The molecular weight excluding hydrogens is 348 g/mol. The molecule has 0 atom stereocenters. The van der Waals surface area contributed by atoms with E-state index in [-0.39, 0.29) is 45.6 Å². The summed E-state index contributed by atoms with van der Waals surface area (Å²) >= 11 is 0.